The van der Waals surface area contributed by atoms with Crippen LogP contribution in [-0.2, 0) is 25.7 Å². The number of hydrogen-bond donors (Lipinski definition) is 0. The second kappa shape index (κ2) is 6.47. The van der Waals surface area contributed by atoms with Crippen LogP contribution in [0.4, 0.5) is 0 Å². The topological polar surface area (TPSA) is 95.1 Å². The van der Waals surface area contributed by atoms with Gasteiger partial charge in [0.05, 0.1) is 28.2 Å². The standard InChI is InChI=1S/C22H27N3O4/c1-12(26)25-15-8-21(2,3)9-16(27)19(15)13(23-25)6-7-14-20-17(28)10-22(4,5)11-18(20)29-24-14/h6-11H2,1-5H3. The van der Waals surface area contributed by atoms with Crippen molar-refractivity contribution in [1.29, 1.82) is 0 Å². The lowest BCUT2D eigenvalue weighted by Gasteiger charge is -2.28. The molecule has 0 atom stereocenters. The van der Waals surface area contributed by atoms with E-state index in [-0.39, 0.29) is 28.3 Å². The fourth-order valence-corrected chi connectivity index (χ4v) is 4.69. The summed E-state index contributed by atoms with van der Waals surface area (Å²) < 4.78 is 6.84. The number of rotatable bonds is 3. The third-order valence-corrected chi connectivity index (χ3v) is 5.90. The molecule has 2 aliphatic rings. The van der Waals surface area contributed by atoms with Crippen LogP contribution < -0.4 is 0 Å². The van der Waals surface area contributed by atoms with Crippen molar-refractivity contribution in [3.8, 4) is 0 Å². The maximum absolute atomic E-state index is 12.8. The van der Waals surface area contributed by atoms with Gasteiger partial charge in [-0.15, -0.1) is 0 Å². The third-order valence-electron chi connectivity index (χ3n) is 5.90. The van der Waals surface area contributed by atoms with E-state index < -0.39 is 0 Å². The van der Waals surface area contributed by atoms with Gasteiger partial charge in [0, 0.05) is 26.2 Å². The Morgan fingerprint density at radius 3 is 2.17 bits per heavy atom. The highest BCUT2D eigenvalue weighted by atomic mass is 16.5. The normalized spacial score (nSPS) is 19.8. The monoisotopic (exact) mass is 397 g/mol. The van der Waals surface area contributed by atoms with Gasteiger partial charge in [0.1, 0.15) is 5.76 Å². The zero-order valence-corrected chi connectivity index (χ0v) is 17.7. The predicted octanol–water partition coefficient (Wildman–Crippen LogP) is 3.63. The second-order valence-corrected chi connectivity index (χ2v) is 10.0. The summed E-state index contributed by atoms with van der Waals surface area (Å²) in [6, 6.07) is 0. The van der Waals surface area contributed by atoms with Crippen LogP contribution in [0.5, 0.6) is 0 Å². The lowest BCUT2D eigenvalue weighted by molar-refractivity contribution is 0.0884. The summed E-state index contributed by atoms with van der Waals surface area (Å²) in [5.74, 6) is 0.532. The summed E-state index contributed by atoms with van der Waals surface area (Å²) in [5.41, 5.74) is 2.78. The van der Waals surface area contributed by atoms with Gasteiger partial charge in [0.15, 0.2) is 11.6 Å². The average Bonchev–Trinajstić information content (AvgIpc) is 3.12. The fraction of sp³-hybridized carbons (Fsp3) is 0.591. The van der Waals surface area contributed by atoms with Gasteiger partial charge < -0.3 is 4.52 Å². The van der Waals surface area contributed by atoms with Crippen LogP contribution in [0.15, 0.2) is 4.52 Å². The minimum Gasteiger partial charge on any atom is -0.360 e. The van der Waals surface area contributed by atoms with Gasteiger partial charge in [-0.3, -0.25) is 14.4 Å². The molecule has 0 saturated carbocycles. The lowest BCUT2D eigenvalue weighted by atomic mass is 9.75. The van der Waals surface area contributed by atoms with Crippen molar-refractivity contribution in [2.45, 2.75) is 73.1 Å². The van der Waals surface area contributed by atoms with E-state index in [0.717, 1.165) is 0 Å². The van der Waals surface area contributed by atoms with Crippen molar-refractivity contribution in [2.75, 3.05) is 0 Å². The molecule has 0 aliphatic heterocycles. The molecule has 2 heterocycles. The molecule has 0 amide bonds. The Bertz CT molecular complexity index is 1040. The first kappa shape index (κ1) is 19.7. The minimum atomic E-state index is -0.200. The first-order valence-electron chi connectivity index (χ1n) is 10.1. The van der Waals surface area contributed by atoms with Crippen LogP contribution in [0.3, 0.4) is 0 Å². The number of carbonyl (C=O) groups is 3. The number of carbonyl (C=O) groups excluding carboxylic acids is 3. The highest BCUT2D eigenvalue weighted by Crippen LogP contribution is 2.38. The summed E-state index contributed by atoms with van der Waals surface area (Å²) in [4.78, 5) is 37.5. The molecule has 7 nitrogen and oxygen atoms in total. The molecule has 0 spiro atoms. The lowest BCUT2D eigenvalue weighted by Crippen LogP contribution is -2.29. The van der Waals surface area contributed by atoms with Crippen molar-refractivity contribution >= 4 is 17.5 Å². The maximum atomic E-state index is 12.8. The second-order valence-electron chi connectivity index (χ2n) is 10.0. The van der Waals surface area contributed by atoms with E-state index in [1.165, 1.54) is 11.6 Å². The number of aryl methyl sites for hydroxylation is 2. The first-order valence-corrected chi connectivity index (χ1v) is 10.1. The molecule has 0 fully saturated rings. The van der Waals surface area contributed by atoms with Crippen LogP contribution in [-0.4, -0.2) is 32.4 Å². The van der Waals surface area contributed by atoms with Crippen LogP contribution in [0.25, 0.3) is 0 Å². The molecule has 0 aromatic carbocycles. The summed E-state index contributed by atoms with van der Waals surface area (Å²) in [6.07, 6.45) is 3.10. The van der Waals surface area contributed by atoms with Gasteiger partial charge in [-0.2, -0.15) is 5.10 Å². The highest BCUT2D eigenvalue weighted by molar-refractivity contribution is 6.01. The van der Waals surface area contributed by atoms with E-state index in [4.69, 9.17) is 4.52 Å². The molecule has 7 heteroatoms. The smallest absolute Gasteiger partial charge is 0.243 e. The first-order chi connectivity index (χ1) is 13.5. The molecule has 0 radical (unpaired) electrons. The molecule has 2 aliphatic carbocycles. The Kier molecular flexibility index (Phi) is 4.40. The number of ketones is 2. The minimum absolute atomic E-state index is 0.0266. The number of nitrogens with zero attached hydrogens (tertiary/aromatic N) is 3. The molecule has 2 aromatic heterocycles. The molecule has 0 unspecified atom stereocenters. The number of hydrogen-bond acceptors (Lipinski definition) is 6. The average molecular weight is 397 g/mol. The van der Waals surface area contributed by atoms with Crippen LogP contribution in [0.1, 0.15) is 95.8 Å². The van der Waals surface area contributed by atoms with Gasteiger partial charge in [-0.1, -0.05) is 32.9 Å². The molecule has 0 N–H and O–H groups in total. The van der Waals surface area contributed by atoms with E-state index in [0.29, 0.717) is 72.5 Å². The Morgan fingerprint density at radius 1 is 0.931 bits per heavy atom. The summed E-state index contributed by atoms with van der Waals surface area (Å²) in [6.45, 7) is 9.60. The summed E-state index contributed by atoms with van der Waals surface area (Å²) >= 11 is 0. The van der Waals surface area contributed by atoms with Crippen molar-refractivity contribution < 1.29 is 18.9 Å². The molecule has 154 valence electrons. The van der Waals surface area contributed by atoms with Gasteiger partial charge in [-0.25, -0.2) is 4.68 Å². The van der Waals surface area contributed by atoms with Crippen molar-refractivity contribution in [1.82, 2.24) is 14.9 Å². The van der Waals surface area contributed by atoms with Gasteiger partial charge in [0.2, 0.25) is 5.91 Å². The molecular weight excluding hydrogens is 370 g/mol. The van der Waals surface area contributed by atoms with Gasteiger partial charge >= 0.3 is 0 Å². The molecule has 0 bridgehead atoms. The number of fused-ring (bicyclic) bond motifs is 2. The van der Waals surface area contributed by atoms with E-state index in [1.54, 1.807) is 0 Å². The summed E-state index contributed by atoms with van der Waals surface area (Å²) in [7, 11) is 0. The zero-order valence-electron chi connectivity index (χ0n) is 17.7. The molecule has 4 rings (SSSR count). The Morgan fingerprint density at radius 2 is 1.52 bits per heavy atom. The highest BCUT2D eigenvalue weighted by Gasteiger charge is 2.38. The Labute approximate surface area is 169 Å². The van der Waals surface area contributed by atoms with Gasteiger partial charge in [-0.05, 0) is 30.1 Å². The van der Waals surface area contributed by atoms with E-state index in [2.05, 4.69) is 10.3 Å². The fourth-order valence-electron chi connectivity index (χ4n) is 4.69. The SMILES string of the molecule is CC(=O)n1nc(CCc2noc3c2C(=O)CC(C)(C)C3)c2c1CC(C)(C)CC2=O. The van der Waals surface area contributed by atoms with Crippen LogP contribution >= 0.6 is 0 Å². The van der Waals surface area contributed by atoms with E-state index in [9.17, 15) is 14.4 Å². The summed E-state index contributed by atoms with van der Waals surface area (Å²) in [5, 5.41) is 8.61. The number of Topliss-reactive ketones (excluding diaryl/α,β-unsaturated/α-hetero) is 2. The third kappa shape index (κ3) is 3.47. The van der Waals surface area contributed by atoms with E-state index in [1.807, 2.05) is 27.7 Å². The van der Waals surface area contributed by atoms with Crippen LogP contribution in [0.2, 0.25) is 0 Å². The maximum Gasteiger partial charge on any atom is 0.243 e. The largest absolute Gasteiger partial charge is 0.360 e. The van der Waals surface area contributed by atoms with Crippen molar-refractivity contribution in [3.63, 3.8) is 0 Å². The number of aromatic nitrogens is 3. The van der Waals surface area contributed by atoms with E-state index >= 15 is 0 Å². The van der Waals surface area contributed by atoms with Crippen molar-refractivity contribution in [3.05, 3.63) is 34.0 Å². The van der Waals surface area contributed by atoms with Crippen molar-refractivity contribution in [2.24, 2.45) is 10.8 Å². The zero-order chi connectivity index (χ0) is 21.1. The Balaban J connectivity index is 1.65. The van der Waals surface area contributed by atoms with Gasteiger partial charge in [0.25, 0.3) is 0 Å². The van der Waals surface area contributed by atoms with Crippen LogP contribution in [0, 0.1) is 10.8 Å². The predicted molar refractivity (Wildman–Crippen MR) is 105 cm³/mol. The quantitative estimate of drug-likeness (QED) is 0.785. The molecular formula is C22H27N3O4. The molecule has 0 saturated heterocycles. The Hall–Kier alpha value is -2.57. The molecule has 2 aromatic rings. The molecule has 29 heavy (non-hydrogen) atoms.